The van der Waals surface area contributed by atoms with Crippen LogP contribution in [0.3, 0.4) is 0 Å². The van der Waals surface area contributed by atoms with Gasteiger partial charge in [-0.1, -0.05) is 6.92 Å². The Hall–Kier alpha value is -0.0800. The number of rotatable bonds is 3. The minimum atomic E-state index is -0.658. The summed E-state index contributed by atoms with van der Waals surface area (Å²) in [5, 5.41) is 9.19. The fraction of sp³-hybridized carbons (Fsp3) is 0.833. The summed E-state index contributed by atoms with van der Waals surface area (Å²) in [6.07, 6.45) is 2.39. The van der Waals surface area contributed by atoms with E-state index in [1.165, 1.54) is 0 Å². The van der Waals surface area contributed by atoms with E-state index >= 15 is 0 Å². The largest absolute Gasteiger partial charge is 0.390 e. The van der Waals surface area contributed by atoms with Crippen molar-refractivity contribution < 1.29 is 5.11 Å². The molecule has 0 fully saturated rings. The second-order valence-electron chi connectivity index (χ2n) is 2.18. The average Bonchev–Trinajstić information content (AvgIpc) is 1.67. The third-order valence-electron chi connectivity index (χ3n) is 1.27. The fourth-order valence-corrected chi connectivity index (χ4v) is 0.437. The minimum Gasteiger partial charge on any atom is -0.390 e. The van der Waals surface area contributed by atoms with Gasteiger partial charge in [0.15, 0.2) is 0 Å². The maximum Gasteiger partial charge on any atom is 0.0660 e. The molecule has 0 aliphatic rings. The Balaban J connectivity index is 3.37. The van der Waals surface area contributed by atoms with Gasteiger partial charge in [0.05, 0.1) is 5.60 Å². The zero-order valence-electron chi connectivity index (χ0n) is 5.52. The van der Waals surface area contributed by atoms with Crippen molar-refractivity contribution in [2.45, 2.75) is 25.9 Å². The van der Waals surface area contributed by atoms with Crippen LogP contribution in [-0.4, -0.2) is 17.3 Å². The molecule has 0 saturated heterocycles. The Morgan fingerprint density at radius 3 is 2.38 bits per heavy atom. The van der Waals surface area contributed by atoms with E-state index in [-0.39, 0.29) is 0 Å². The van der Waals surface area contributed by atoms with E-state index in [4.69, 9.17) is 5.73 Å². The zero-order chi connectivity index (χ0) is 6.62. The Bertz CT molecular complexity index is 61.5. The molecule has 0 aromatic carbocycles. The van der Waals surface area contributed by atoms with Crippen molar-refractivity contribution in [1.29, 1.82) is 0 Å². The minimum absolute atomic E-state index is 0.539. The van der Waals surface area contributed by atoms with Crippen LogP contribution >= 0.6 is 0 Å². The summed E-state index contributed by atoms with van der Waals surface area (Å²) in [6, 6.07) is 0. The number of nitrogens with two attached hydrogens (primary N) is 1. The Morgan fingerprint density at radius 2 is 2.25 bits per heavy atom. The van der Waals surface area contributed by atoms with Crippen LogP contribution in [0.4, 0.5) is 0 Å². The smallest absolute Gasteiger partial charge is 0.0660 e. The molecule has 1 unspecified atom stereocenters. The van der Waals surface area contributed by atoms with Crippen LogP contribution < -0.4 is 5.73 Å². The van der Waals surface area contributed by atoms with Gasteiger partial charge >= 0.3 is 0 Å². The van der Waals surface area contributed by atoms with Crippen molar-refractivity contribution in [3.63, 3.8) is 0 Å². The van der Waals surface area contributed by atoms with E-state index in [0.29, 0.717) is 13.0 Å². The van der Waals surface area contributed by atoms with E-state index < -0.39 is 5.60 Å². The predicted molar refractivity (Wildman–Crippen MR) is 34.3 cm³/mol. The molecule has 0 spiro atoms. The fourth-order valence-electron chi connectivity index (χ4n) is 0.437. The lowest BCUT2D eigenvalue weighted by Crippen LogP contribution is -2.26. The lowest BCUT2D eigenvalue weighted by atomic mass is 10.00. The number of hydrogen-bond donors (Lipinski definition) is 2. The van der Waals surface area contributed by atoms with Crippen molar-refractivity contribution in [1.82, 2.24) is 0 Å². The van der Waals surface area contributed by atoms with Crippen molar-refractivity contribution in [3.8, 4) is 0 Å². The molecule has 1 atom stereocenters. The second-order valence-corrected chi connectivity index (χ2v) is 2.18. The first-order chi connectivity index (χ1) is 3.62. The lowest BCUT2D eigenvalue weighted by molar-refractivity contribution is 0.0878. The predicted octanol–water partition coefficient (Wildman–Crippen LogP) is 0.310. The molecule has 0 aliphatic heterocycles. The zero-order valence-corrected chi connectivity index (χ0v) is 5.52. The summed E-state index contributed by atoms with van der Waals surface area (Å²) in [7, 11) is 0. The molecule has 49 valence electrons. The first-order valence-electron chi connectivity index (χ1n) is 2.85. The number of aliphatic hydroxyl groups is 1. The van der Waals surface area contributed by atoms with E-state index in [1.54, 1.807) is 13.3 Å². The van der Waals surface area contributed by atoms with Crippen molar-refractivity contribution in [2.75, 3.05) is 6.54 Å². The first kappa shape index (κ1) is 7.92. The molecule has 8 heavy (non-hydrogen) atoms. The summed E-state index contributed by atoms with van der Waals surface area (Å²) in [5.41, 5.74) is 4.55. The van der Waals surface area contributed by atoms with Gasteiger partial charge in [-0.2, -0.15) is 0 Å². The molecule has 2 heteroatoms. The van der Waals surface area contributed by atoms with Gasteiger partial charge in [0.1, 0.15) is 0 Å². The van der Waals surface area contributed by atoms with Crippen LogP contribution in [0.5, 0.6) is 0 Å². The molecule has 0 amide bonds. The third kappa shape index (κ3) is 2.99. The molecule has 0 aliphatic carbocycles. The molecule has 0 rings (SSSR count). The molecule has 2 nitrogen and oxygen atoms in total. The lowest BCUT2D eigenvalue weighted by Gasteiger charge is -2.18. The highest BCUT2D eigenvalue weighted by Gasteiger charge is 2.15. The Labute approximate surface area is 50.7 Å². The summed E-state index contributed by atoms with van der Waals surface area (Å²) < 4.78 is 0. The van der Waals surface area contributed by atoms with Crippen LogP contribution in [0, 0.1) is 6.42 Å². The summed E-state index contributed by atoms with van der Waals surface area (Å²) in [5.74, 6) is 0. The standard InChI is InChI=1S/C6H14NO/c1-3-6(2,8)4-5-7/h3,8H,4-5,7H2,1-2H3. The summed E-state index contributed by atoms with van der Waals surface area (Å²) in [6.45, 7) is 4.12. The van der Waals surface area contributed by atoms with Crippen LogP contribution in [0.1, 0.15) is 20.3 Å². The molecule has 0 saturated carbocycles. The van der Waals surface area contributed by atoms with Crippen LogP contribution in [0.15, 0.2) is 0 Å². The molecule has 0 heterocycles. The highest BCUT2D eigenvalue weighted by molar-refractivity contribution is 4.84. The van der Waals surface area contributed by atoms with Gasteiger partial charge in [0.2, 0.25) is 0 Å². The molecule has 0 aromatic rings. The molecule has 0 aromatic heterocycles. The van der Waals surface area contributed by atoms with Crippen LogP contribution in [-0.2, 0) is 0 Å². The summed E-state index contributed by atoms with van der Waals surface area (Å²) in [4.78, 5) is 0. The quantitative estimate of drug-likeness (QED) is 0.557. The maximum atomic E-state index is 9.19. The molecule has 3 N–H and O–H groups in total. The van der Waals surface area contributed by atoms with Gasteiger partial charge in [-0.15, -0.1) is 0 Å². The highest BCUT2D eigenvalue weighted by atomic mass is 16.3. The first-order valence-corrected chi connectivity index (χ1v) is 2.85. The van der Waals surface area contributed by atoms with Crippen LogP contribution in [0.25, 0.3) is 0 Å². The van der Waals surface area contributed by atoms with Gasteiger partial charge < -0.3 is 10.8 Å². The molecular weight excluding hydrogens is 102 g/mol. The van der Waals surface area contributed by atoms with E-state index in [1.807, 2.05) is 6.92 Å². The van der Waals surface area contributed by atoms with Gasteiger partial charge in [0.25, 0.3) is 0 Å². The number of hydrogen-bond acceptors (Lipinski definition) is 2. The maximum absolute atomic E-state index is 9.19. The third-order valence-corrected chi connectivity index (χ3v) is 1.27. The SMILES string of the molecule is C[CH]C(C)(O)CCN. The van der Waals surface area contributed by atoms with Crippen molar-refractivity contribution >= 4 is 0 Å². The monoisotopic (exact) mass is 116 g/mol. The topological polar surface area (TPSA) is 46.2 Å². The van der Waals surface area contributed by atoms with Crippen molar-refractivity contribution in [2.24, 2.45) is 5.73 Å². The van der Waals surface area contributed by atoms with Gasteiger partial charge in [-0.05, 0) is 26.3 Å². The molecule has 0 bridgehead atoms. The Morgan fingerprint density at radius 1 is 1.75 bits per heavy atom. The van der Waals surface area contributed by atoms with Gasteiger partial charge in [0, 0.05) is 0 Å². The van der Waals surface area contributed by atoms with Crippen LogP contribution in [0.2, 0.25) is 0 Å². The van der Waals surface area contributed by atoms with E-state index in [2.05, 4.69) is 0 Å². The summed E-state index contributed by atoms with van der Waals surface area (Å²) >= 11 is 0. The average molecular weight is 116 g/mol. The van der Waals surface area contributed by atoms with Gasteiger partial charge in [-0.25, -0.2) is 0 Å². The second kappa shape index (κ2) is 3.05. The normalized spacial score (nSPS) is 18.0. The van der Waals surface area contributed by atoms with Gasteiger partial charge in [-0.3, -0.25) is 0 Å². The van der Waals surface area contributed by atoms with E-state index in [9.17, 15) is 5.11 Å². The highest BCUT2D eigenvalue weighted by Crippen LogP contribution is 2.09. The molecular formula is C6H14NO. The Kier molecular flexibility index (Phi) is 3.02. The van der Waals surface area contributed by atoms with Crippen molar-refractivity contribution in [3.05, 3.63) is 6.42 Å². The van der Waals surface area contributed by atoms with E-state index in [0.717, 1.165) is 0 Å². The molecule has 1 radical (unpaired) electrons.